The number of sulfonamides is 1. The van der Waals surface area contributed by atoms with Gasteiger partial charge in [0.2, 0.25) is 15.9 Å². The smallest absolute Gasteiger partial charge is 0.246 e. The first-order valence-corrected chi connectivity index (χ1v) is 10.7. The summed E-state index contributed by atoms with van der Waals surface area (Å²) in [5, 5.41) is 2.90. The zero-order valence-electron chi connectivity index (χ0n) is 15.3. The molecule has 0 spiro atoms. The van der Waals surface area contributed by atoms with Crippen LogP contribution in [0.1, 0.15) is 12.8 Å². The fourth-order valence-electron chi connectivity index (χ4n) is 4.20. The maximum Gasteiger partial charge on any atom is 0.246 e. The van der Waals surface area contributed by atoms with Crippen molar-refractivity contribution in [3.63, 3.8) is 0 Å². The molecule has 27 heavy (non-hydrogen) atoms. The Hall–Kier alpha value is -1.90. The molecule has 1 N–H and O–H groups in total. The highest BCUT2D eigenvalue weighted by atomic mass is 32.2. The third-order valence-corrected chi connectivity index (χ3v) is 7.55. The number of ether oxygens (including phenoxy) is 2. The topological polar surface area (TPSA) is 84.9 Å². The third kappa shape index (κ3) is 3.49. The number of benzene rings is 1. The fourth-order valence-corrected chi connectivity index (χ4v) is 5.79. The highest BCUT2D eigenvalue weighted by molar-refractivity contribution is 7.89. The molecule has 146 valence electrons. The van der Waals surface area contributed by atoms with E-state index in [1.165, 1.54) is 17.5 Å². The SMILES string of the molecule is COc1ccc(NC(=O)[C@H]2C[C@H]3C=C[C@H]2C3)cc1S(=O)(=O)N1CCOCC1. The standard InChI is InChI=1S/C19H24N2O5S/c1-25-17-5-4-15(20-19(22)16-11-13-2-3-14(16)10-13)12-18(17)27(23,24)21-6-8-26-9-7-21/h2-5,12-14,16H,6-11H2,1H3,(H,20,22)/t13-,14-,16-/m0/s1. The molecule has 7 nitrogen and oxygen atoms in total. The van der Waals surface area contributed by atoms with Gasteiger partial charge >= 0.3 is 0 Å². The molecule has 1 aliphatic heterocycles. The Morgan fingerprint density at radius 2 is 2.00 bits per heavy atom. The number of amides is 1. The van der Waals surface area contributed by atoms with Crippen LogP contribution in [0.5, 0.6) is 5.75 Å². The minimum absolute atomic E-state index is 0.0404. The molecule has 2 bridgehead atoms. The van der Waals surface area contributed by atoms with Gasteiger partial charge in [0.1, 0.15) is 10.6 Å². The minimum Gasteiger partial charge on any atom is -0.495 e. The molecule has 1 aromatic carbocycles. The van der Waals surface area contributed by atoms with Crippen LogP contribution in [0, 0.1) is 17.8 Å². The van der Waals surface area contributed by atoms with Gasteiger partial charge in [0.15, 0.2) is 0 Å². The summed E-state index contributed by atoms with van der Waals surface area (Å²) in [5.74, 6) is 0.971. The summed E-state index contributed by atoms with van der Waals surface area (Å²) < 4.78 is 38.0. The summed E-state index contributed by atoms with van der Waals surface area (Å²) in [6.07, 6.45) is 6.22. The first kappa shape index (κ1) is 18.5. The average Bonchev–Trinajstić information content (AvgIpc) is 3.32. The van der Waals surface area contributed by atoms with Crippen LogP contribution in [0.4, 0.5) is 5.69 Å². The lowest BCUT2D eigenvalue weighted by molar-refractivity contribution is -0.120. The van der Waals surface area contributed by atoms with Crippen molar-refractivity contribution in [2.75, 3.05) is 38.7 Å². The lowest BCUT2D eigenvalue weighted by atomic mass is 9.93. The van der Waals surface area contributed by atoms with Crippen LogP contribution in [0.25, 0.3) is 0 Å². The Kier molecular flexibility index (Phi) is 4.96. The van der Waals surface area contributed by atoms with Crippen molar-refractivity contribution in [2.24, 2.45) is 17.8 Å². The largest absolute Gasteiger partial charge is 0.495 e. The number of fused-ring (bicyclic) bond motifs is 2. The molecule has 1 saturated carbocycles. The van der Waals surface area contributed by atoms with Crippen molar-refractivity contribution >= 4 is 21.6 Å². The van der Waals surface area contributed by atoms with Crippen molar-refractivity contribution in [2.45, 2.75) is 17.7 Å². The van der Waals surface area contributed by atoms with Gasteiger partial charge in [0, 0.05) is 24.7 Å². The molecular formula is C19H24N2O5S. The molecule has 0 aromatic heterocycles. The van der Waals surface area contributed by atoms with Crippen LogP contribution < -0.4 is 10.1 Å². The van der Waals surface area contributed by atoms with Crippen LogP contribution in [-0.2, 0) is 19.6 Å². The fraction of sp³-hybridized carbons (Fsp3) is 0.526. The van der Waals surface area contributed by atoms with E-state index in [0.717, 1.165) is 12.8 Å². The summed E-state index contributed by atoms with van der Waals surface area (Å²) in [5.41, 5.74) is 0.472. The first-order valence-electron chi connectivity index (χ1n) is 9.24. The predicted octanol–water partition coefficient (Wildman–Crippen LogP) is 1.87. The van der Waals surface area contributed by atoms with E-state index in [1.54, 1.807) is 12.1 Å². The highest BCUT2D eigenvalue weighted by Gasteiger charge is 2.40. The predicted molar refractivity (Wildman–Crippen MR) is 100 cm³/mol. The maximum atomic E-state index is 13.0. The molecule has 3 aliphatic rings. The number of hydrogen-bond donors (Lipinski definition) is 1. The number of allylic oxidation sites excluding steroid dienone is 2. The van der Waals surface area contributed by atoms with Gasteiger partial charge < -0.3 is 14.8 Å². The van der Waals surface area contributed by atoms with Gasteiger partial charge in [0.05, 0.1) is 20.3 Å². The van der Waals surface area contributed by atoms with Gasteiger partial charge in [0.25, 0.3) is 0 Å². The molecule has 2 fully saturated rings. The van der Waals surface area contributed by atoms with Crippen LogP contribution in [0.2, 0.25) is 0 Å². The van der Waals surface area contributed by atoms with E-state index in [2.05, 4.69) is 17.5 Å². The summed E-state index contributed by atoms with van der Waals surface area (Å²) in [7, 11) is -2.29. The van der Waals surface area contributed by atoms with Gasteiger partial charge in [-0.2, -0.15) is 4.31 Å². The molecule has 1 aromatic rings. The maximum absolute atomic E-state index is 13.0. The van der Waals surface area contributed by atoms with Crippen molar-refractivity contribution in [3.05, 3.63) is 30.4 Å². The summed E-state index contributed by atoms with van der Waals surface area (Å²) in [4.78, 5) is 12.7. The number of anilines is 1. The minimum atomic E-state index is -3.72. The van der Waals surface area contributed by atoms with E-state index >= 15 is 0 Å². The normalized spacial score (nSPS) is 27.7. The van der Waals surface area contributed by atoms with Crippen molar-refractivity contribution in [3.8, 4) is 5.75 Å². The van der Waals surface area contributed by atoms with E-state index in [1.807, 2.05) is 0 Å². The molecule has 0 radical (unpaired) electrons. The molecule has 2 aliphatic carbocycles. The highest BCUT2D eigenvalue weighted by Crippen LogP contribution is 2.44. The van der Waals surface area contributed by atoms with Crippen molar-refractivity contribution in [1.29, 1.82) is 0 Å². The summed E-state index contributed by atoms with van der Waals surface area (Å²) in [6.45, 7) is 1.35. The zero-order valence-corrected chi connectivity index (χ0v) is 16.1. The van der Waals surface area contributed by atoms with Gasteiger partial charge in [-0.05, 0) is 42.9 Å². The monoisotopic (exact) mass is 392 g/mol. The molecule has 3 atom stereocenters. The second-order valence-electron chi connectivity index (χ2n) is 7.26. The molecule has 8 heteroatoms. The van der Waals surface area contributed by atoms with E-state index in [9.17, 15) is 13.2 Å². The molecule has 1 saturated heterocycles. The number of hydrogen-bond acceptors (Lipinski definition) is 5. The lowest BCUT2D eigenvalue weighted by Crippen LogP contribution is -2.40. The number of methoxy groups -OCH3 is 1. The zero-order chi connectivity index (χ0) is 19.0. The number of rotatable bonds is 5. The van der Waals surface area contributed by atoms with E-state index in [-0.39, 0.29) is 22.5 Å². The molecule has 0 unspecified atom stereocenters. The second-order valence-corrected chi connectivity index (χ2v) is 9.16. The van der Waals surface area contributed by atoms with E-state index in [0.29, 0.717) is 43.8 Å². The Labute approximate surface area is 159 Å². The van der Waals surface area contributed by atoms with Gasteiger partial charge in [-0.25, -0.2) is 8.42 Å². The second kappa shape index (κ2) is 7.26. The van der Waals surface area contributed by atoms with Gasteiger partial charge in [-0.15, -0.1) is 0 Å². The van der Waals surface area contributed by atoms with Crippen LogP contribution in [0.3, 0.4) is 0 Å². The molecule has 1 amide bonds. The van der Waals surface area contributed by atoms with Crippen molar-refractivity contribution < 1.29 is 22.7 Å². The quantitative estimate of drug-likeness (QED) is 0.774. The number of carbonyl (C=O) groups excluding carboxylic acids is 1. The summed E-state index contributed by atoms with van der Waals surface area (Å²) >= 11 is 0. The van der Waals surface area contributed by atoms with E-state index in [4.69, 9.17) is 9.47 Å². The summed E-state index contributed by atoms with van der Waals surface area (Å²) in [6, 6.07) is 4.76. The molecular weight excluding hydrogens is 368 g/mol. The Balaban J connectivity index is 1.57. The van der Waals surface area contributed by atoms with Crippen LogP contribution in [0.15, 0.2) is 35.2 Å². The number of carbonyl (C=O) groups is 1. The Bertz CT molecular complexity index is 861. The van der Waals surface area contributed by atoms with Crippen molar-refractivity contribution in [1.82, 2.24) is 4.31 Å². The third-order valence-electron chi connectivity index (χ3n) is 5.63. The van der Waals surface area contributed by atoms with Crippen LogP contribution in [-0.4, -0.2) is 52.0 Å². The Morgan fingerprint density at radius 1 is 1.22 bits per heavy atom. The molecule has 1 heterocycles. The number of nitrogens with zero attached hydrogens (tertiary/aromatic N) is 1. The van der Waals surface area contributed by atoms with Gasteiger partial charge in [-0.1, -0.05) is 12.2 Å². The van der Waals surface area contributed by atoms with E-state index < -0.39 is 10.0 Å². The lowest BCUT2D eigenvalue weighted by Gasteiger charge is -2.27. The number of nitrogens with one attached hydrogen (secondary N) is 1. The average molecular weight is 392 g/mol. The number of morpholine rings is 1. The molecule has 4 rings (SSSR count). The van der Waals surface area contributed by atoms with Crippen LogP contribution >= 0.6 is 0 Å². The first-order chi connectivity index (χ1) is 13.0. The Morgan fingerprint density at radius 3 is 2.63 bits per heavy atom. The van der Waals surface area contributed by atoms with Gasteiger partial charge in [-0.3, -0.25) is 4.79 Å².